The van der Waals surface area contributed by atoms with Crippen LogP contribution in [-0.2, 0) is 4.79 Å². The summed E-state index contributed by atoms with van der Waals surface area (Å²) in [4.78, 5) is 17.4. The molecule has 0 spiro atoms. The van der Waals surface area contributed by atoms with Crippen LogP contribution in [-0.4, -0.2) is 23.9 Å². The van der Waals surface area contributed by atoms with Crippen molar-refractivity contribution in [2.24, 2.45) is 0 Å². The van der Waals surface area contributed by atoms with Gasteiger partial charge in [0, 0.05) is 29.4 Å². The van der Waals surface area contributed by atoms with Gasteiger partial charge in [-0.15, -0.1) is 0 Å². The molecule has 2 aromatic carbocycles. The Bertz CT molecular complexity index is 843. The first-order valence-electron chi connectivity index (χ1n) is 8.38. The lowest BCUT2D eigenvalue weighted by Gasteiger charge is -2.20. The molecule has 1 saturated heterocycles. The summed E-state index contributed by atoms with van der Waals surface area (Å²) in [6.07, 6.45) is 2.08. The van der Waals surface area contributed by atoms with Crippen molar-refractivity contribution in [3.8, 4) is 0 Å². The van der Waals surface area contributed by atoms with Gasteiger partial charge in [0.15, 0.2) is 0 Å². The number of carbonyl (C=O) groups excluding carboxylic acids is 1. The third-order valence-electron chi connectivity index (χ3n) is 4.79. The van der Waals surface area contributed by atoms with Gasteiger partial charge in [-0.25, -0.2) is 0 Å². The van der Waals surface area contributed by atoms with Gasteiger partial charge in [0.25, 0.3) is 5.91 Å². The minimum atomic E-state index is 0.0498. The number of para-hydroxylation sites is 1. The highest BCUT2D eigenvalue weighted by atomic mass is 35.5. The highest BCUT2D eigenvalue weighted by molar-refractivity contribution is 6.36. The van der Waals surface area contributed by atoms with E-state index in [9.17, 15) is 4.79 Å². The van der Waals surface area contributed by atoms with Crippen LogP contribution in [0.1, 0.15) is 25.3 Å². The summed E-state index contributed by atoms with van der Waals surface area (Å²) in [6, 6.07) is 15.5. The van der Waals surface area contributed by atoms with E-state index in [4.69, 9.17) is 11.6 Å². The van der Waals surface area contributed by atoms with E-state index in [0.29, 0.717) is 5.02 Å². The van der Waals surface area contributed by atoms with E-state index in [1.54, 1.807) is 4.90 Å². The molecule has 1 fully saturated rings. The largest absolute Gasteiger partial charge is 0.374 e. The zero-order chi connectivity index (χ0) is 16.7. The zero-order valence-electron chi connectivity index (χ0n) is 13.6. The Morgan fingerprint density at radius 3 is 2.75 bits per heavy atom. The lowest BCUT2D eigenvalue weighted by atomic mass is 10.0. The number of allylic oxidation sites excluding steroid dienone is 1. The minimum Gasteiger partial charge on any atom is -0.374 e. The number of likely N-dealkylation sites (tertiary alicyclic amines) is 1. The first-order chi connectivity index (χ1) is 11.7. The van der Waals surface area contributed by atoms with Crippen molar-refractivity contribution in [1.82, 2.24) is 4.90 Å². The van der Waals surface area contributed by atoms with Crippen LogP contribution in [0.3, 0.4) is 0 Å². The van der Waals surface area contributed by atoms with Crippen LogP contribution in [0.15, 0.2) is 54.2 Å². The van der Waals surface area contributed by atoms with Crippen molar-refractivity contribution in [2.45, 2.75) is 19.8 Å². The van der Waals surface area contributed by atoms with Gasteiger partial charge in [-0.3, -0.25) is 9.69 Å². The Hall–Kier alpha value is -2.26. The number of hydrogen-bond donors (Lipinski definition) is 0. The van der Waals surface area contributed by atoms with Gasteiger partial charge in [-0.1, -0.05) is 35.9 Å². The SMILES string of the molecule is CCN1CCC/C1=C1/C(=O)N(c2cccc(Cl)c2)c2ccccc21. The fourth-order valence-electron chi connectivity index (χ4n) is 3.73. The highest BCUT2D eigenvalue weighted by Crippen LogP contribution is 2.45. The van der Waals surface area contributed by atoms with Gasteiger partial charge in [0.2, 0.25) is 0 Å². The van der Waals surface area contributed by atoms with Crippen LogP contribution in [0, 0.1) is 0 Å². The van der Waals surface area contributed by atoms with E-state index in [1.165, 1.54) is 5.70 Å². The van der Waals surface area contributed by atoms with Crippen LogP contribution < -0.4 is 4.90 Å². The summed E-state index contributed by atoms with van der Waals surface area (Å²) in [5.74, 6) is 0.0498. The Balaban J connectivity index is 1.91. The lowest BCUT2D eigenvalue weighted by Crippen LogP contribution is -2.24. The molecule has 3 nitrogen and oxygen atoms in total. The van der Waals surface area contributed by atoms with E-state index in [-0.39, 0.29) is 5.91 Å². The second kappa shape index (κ2) is 5.99. The number of fused-ring (bicyclic) bond motifs is 1. The van der Waals surface area contributed by atoms with Gasteiger partial charge >= 0.3 is 0 Å². The molecular weight excluding hydrogens is 320 g/mol. The number of hydrogen-bond acceptors (Lipinski definition) is 2. The van der Waals surface area contributed by atoms with Crippen LogP contribution in [0.2, 0.25) is 5.02 Å². The quantitative estimate of drug-likeness (QED) is 0.731. The first kappa shape index (κ1) is 15.3. The van der Waals surface area contributed by atoms with Gasteiger partial charge in [0.05, 0.1) is 16.9 Å². The Morgan fingerprint density at radius 1 is 1.12 bits per heavy atom. The summed E-state index contributed by atoms with van der Waals surface area (Å²) in [6.45, 7) is 4.11. The topological polar surface area (TPSA) is 23.6 Å². The standard InChI is InChI=1S/C20H19ClN2O/c1-2-22-12-6-11-18(22)19-16-9-3-4-10-17(16)23(20(19)24)15-8-5-7-14(21)13-15/h3-5,7-10,13H,2,6,11-12H2,1H3/b19-18-. The molecule has 2 heterocycles. The van der Waals surface area contributed by atoms with Crippen LogP contribution >= 0.6 is 11.6 Å². The molecule has 2 aliphatic heterocycles. The number of benzene rings is 2. The average molecular weight is 339 g/mol. The van der Waals surface area contributed by atoms with Crippen LogP contribution in [0.5, 0.6) is 0 Å². The Kier molecular flexibility index (Phi) is 3.81. The van der Waals surface area contributed by atoms with E-state index in [0.717, 1.165) is 48.4 Å². The number of nitrogens with zero attached hydrogens (tertiary/aromatic N) is 2. The van der Waals surface area contributed by atoms with E-state index in [1.807, 2.05) is 48.5 Å². The van der Waals surface area contributed by atoms with Crippen molar-refractivity contribution >= 4 is 34.5 Å². The molecule has 1 amide bonds. The summed E-state index contributed by atoms with van der Waals surface area (Å²) in [5.41, 5.74) is 4.81. The Labute approximate surface area is 147 Å². The number of halogens is 1. The predicted molar refractivity (Wildman–Crippen MR) is 98.4 cm³/mol. The maximum Gasteiger partial charge on any atom is 0.265 e. The van der Waals surface area contributed by atoms with E-state index in [2.05, 4.69) is 11.8 Å². The molecule has 122 valence electrons. The number of anilines is 2. The molecule has 0 aromatic heterocycles. The molecule has 2 aromatic rings. The number of amides is 1. The minimum absolute atomic E-state index is 0.0498. The monoisotopic (exact) mass is 338 g/mol. The number of carbonyl (C=O) groups is 1. The fraction of sp³-hybridized carbons (Fsp3) is 0.250. The lowest BCUT2D eigenvalue weighted by molar-refractivity contribution is -0.112. The highest BCUT2D eigenvalue weighted by Gasteiger charge is 2.37. The van der Waals surface area contributed by atoms with E-state index >= 15 is 0 Å². The summed E-state index contributed by atoms with van der Waals surface area (Å²) >= 11 is 6.15. The zero-order valence-corrected chi connectivity index (χ0v) is 14.4. The second-order valence-electron chi connectivity index (χ2n) is 6.14. The third kappa shape index (κ3) is 2.31. The van der Waals surface area contributed by atoms with Gasteiger partial charge < -0.3 is 4.90 Å². The number of rotatable bonds is 2. The molecule has 0 radical (unpaired) electrons. The van der Waals surface area contributed by atoms with Crippen LogP contribution in [0.4, 0.5) is 11.4 Å². The van der Waals surface area contributed by atoms with Crippen molar-refractivity contribution < 1.29 is 4.79 Å². The molecule has 2 aliphatic rings. The fourth-order valence-corrected chi connectivity index (χ4v) is 3.91. The summed E-state index contributed by atoms with van der Waals surface area (Å²) in [7, 11) is 0. The normalized spacial score (nSPS) is 20.0. The third-order valence-corrected chi connectivity index (χ3v) is 5.03. The van der Waals surface area contributed by atoms with Crippen LogP contribution in [0.25, 0.3) is 5.57 Å². The predicted octanol–water partition coefficient (Wildman–Crippen LogP) is 4.85. The maximum absolute atomic E-state index is 13.3. The molecule has 0 bridgehead atoms. The average Bonchev–Trinajstić information content (AvgIpc) is 3.15. The van der Waals surface area contributed by atoms with Crippen molar-refractivity contribution in [1.29, 1.82) is 0 Å². The molecule has 0 saturated carbocycles. The summed E-state index contributed by atoms with van der Waals surface area (Å²) < 4.78 is 0. The maximum atomic E-state index is 13.3. The second-order valence-corrected chi connectivity index (χ2v) is 6.58. The van der Waals surface area contributed by atoms with Crippen molar-refractivity contribution in [3.63, 3.8) is 0 Å². The molecule has 4 heteroatoms. The van der Waals surface area contributed by atoms with Crippen molar-refractivity contribution in [2.75, 3.05) is 18.0 Å². The van der Waals surface area contributed by atoms with E-state index < -0.39 is 0 Å². The molecule has 4 rings (SSSR count). The molecule has 0 atom stereocenters. The summed E-state index contributed by atoms with van der Waals surface area (Å²) in [5, 5.41) is 0.634. The molecule has 0 aliphatic carbocycles. The molecule has 0 N–H and O–H groups in total. The van der Waals surface area contributed by atoms with Gasteiger partial charge in [-0.05, 0) is 44.0 Å². The Morgan fingerprint density at radius 2 is 1.96 bits per heavy atom. The first-order valence-corrected chi connectivity index (χ1v) is 8.76. The molecular formula is C20H19ClN2O. The molecule has 24 heavy (non-hydrogen) atoms. The van der Waals surface area contributed by atoms with Gasteiger partial charge in [-0.2, -0.15) is 0 Å². The van der Waals surface area contributed by atoms with Crippen molar-refractivity contribution in [3.05, 3.63) is 64.8 Å². The van der Waals surface area contributed by atoms with Gasteiger partial charge in [0.1, 0.15) is 0 Å². The molecule has 0 unspecified atom stereocenters. The smallest absolute Gasteiger partial charge is 0.265 e.